The molecule has 1 aliphatic heterocycles. The van der Waals surface area contributed by atoms with Crippen molar-refractivity contribution in [2.45, 2.75) is 51.1 Å². The number of piperidine rings is 1. The first kappa shape index (κ1) is 9.97. The van der Waals surface area contributed by atoms with Gasteiger partial charge in [-0.3, -0.25) is 4.79 Å². The Kier molecular flexibility index (Phi) is 3.06. The van der Waals surface area contributed by atoms with Gasteiger partial charge in [-0.25, -0.2) is 0 Å². The molecule has 1 N–H and O–H groups in total. The van der Waals surface area contributed by atoms with E-state index in [2.05, 4.69) is 17.1 Å². The van der Waals surface area contributed by atoms with E-state index in [0.717, 1.165) is 19.5 Å². The standard InChI is InChI=1S/C11H20N2O/c1-2-13(9-6-7-9)11(14)10-5-3-4-8-12-10/h9-10,12H,2-8H2,1H3/t10-/m1/s1. The molecule has 0 aromatic carbocycles. The fraction of sp³-hybridized carbons (Fsp3) is 0.909. The highest BCUT2D eigenvalue weighted by Gasteiger charge is 2.34. The number of nitrogens with zero attached hydrogens (tertiary/aromatic N) is 1. The molecule has 14 heavy (non-hydrogen) atoms. The summed E-state index contributed by atoms with van der Waals surface area (Å²) < 4.78 is 0. The van der Waals surface area contributed by atoms with Crippen LogP contribution >= 0.6 is 0 Å². The molecule has 1 atom stereocenters. The molecular weight excluding hydrogens is 176 g/mol. The monoisotopic (exact) mass is 196 g/mol. The maximum atomic E-state index is 12.1. The van der Waals surface area contributed by atoms with Crippen LogP contribution in [0.4, 0.5) is 0 Å². The van der Waals surface area contributed by atoms with Gasteiger partial charge in [0.05, 0.1) is 6.04 Å². The van der Waals surface area contributed by atoms with Gasteiger partial charge in [-0.1, -0.05) is 6.42 Å². The van der Waals surface area contributed by atoms with E-state index in [-0.39, 0.29) is 6.04 Å². The van der Waals surface area contributed by atoms with Gasteiger partial charge in [-0.15, -0.1) is 0 Å². The van der Waals surface area contributed by atoms with E-state index >= 15 is 0 Å². The van der Waals surface area contributed by atoms with Crippen LogP contribution < -0.4 is 5.32 Å². The highest BCUT2D eigenvalue weighted by Crippen LogP contribution is 2.27. The molecule has 80 valence electrons. The zero-order valence-corrected chi connectivity index (χ0v) is 8.96. The third-order valence-corrected chi connectivity index (χ3v) is 3.22. The molecule has 2 rings (SSSR count). The van der Waals surface area contributed by atoms with Crippen molar-refractivity contribution in [3.8, 4) is 0 Å². The molecule has 0 bridgehead atoms. The maximum absolute atomic E-state index is 12.1. The van der Waals surface area contributed by atoms with E-state index in [9.17, 15) is 4.79 Å². The number of hydrogen-bond donors (Lipinski definition) is 1. The topological polar surface area (TPSA) is 32.3 Å². The van der Waals surface area contributed by atoms with E-state index in [4.69, 9.17) is 0 Å². The Balaban J connectivity index is 1.90. The summed E-state index contributed by atoms with van der Waals surface area (Å²) in [5, 5.41) is 3.33. The molecule has 2 aliphatic rings. The molecule has 1 aliphatic carbocycles. The fourth-order valence-corrected chi connectivity index (χ4v) is 2.24. The van der Waals surface area contributed by atoms with E-state index in [0.29, 0.717) is 11.9 Å². The van der Waals surface area contributed by atoms with Crippen LogP contribution in [0.25, 0.3) is 0 Å². The highest BCUT2D eigenvalue weighted by molar-refractivity contribution is 5.82. The van der Waals surface area contributed by atoms with Crippen LogP contribution in [0.15, 0.2) is 0 Å². The van der Waals surface area contributed by atoms with E-state index in [1.54, 1.807) is 0 Å². The minimum absolute atomic E-state index is 0.115. The van der Waals surface area contributed by atoms with Crippen molar-refractivity contribution in [1.82, 2.24) is 10.2 Å². The quantitative estimate of drug-likeness (QED) is 0.734. The third kappa shape index (κ3) is 2.08. The molecule has 1 saturated heterocycles. The average Bonchev–Trinajstić information content (AvgIpc) is 3.04. The Morgan fingerprint density at radius 1 is 1.36 bits per heavy atom. The minimum atomic E-state index is 0.115. The molecule has 0 spiro atoms. The Labute approximate surface area is 85.8 Å². The van der Waals surface area contributed by atoms with Crippen LogP contribution in [0.2, 0.25) is 0 Å². The summed E-state index contributed by atoms with van der Waals surface area (Å²) in [6, 6.07) is 0.681. The van der Waals surface area contributed by atoms with Crippen molar-refractivity contribution in [1.29, 1.82) is 0 Å². The Morgan fingerprint density at radius 3 is 2.64 bits per heavy atom. The fourth-order valence-electron chi connectivity index (χ4n) is 2.24. The number of carbonyl (C=O) groups excluding carboxylic acids is 1. The van der Waals surface area contributed by atoms with Crippen molar-refractivity contribution in [2.24, 2.45) is 0 Å². The van der Waals surface area contributed by atoms with Crippen LogP contribution in [-0.4, -0.2) is 36.0 Å². The predicted octanol–water partition coefficient (Wildman–Crippen LogP) is 1.14. The molecule has 1 saturated carbocycles. The molecule has 0 aromatic heterocycles. The van der Waals surface area contributed by atoms with Crippen LogP contribution in [0.3, 0.4) is 0 Å². The first-order valence-electron chi connectivity index (χ1n) is 5.86. The van der Waals surface area contributed by atoms with Crippen LogP contribution in [0.1, 0.15) is 39.0 Å². The lowest BCUT2D eigenvalue weighted by Gasteiger charge is -2.29. The van der Waals surface area contributed by atoms with E-state index in [1.807, 2.05) is 0 Å². The van der Waals surface area contributed by atoms with Gasteiger partial charge in [-0.2, -0.15) is 0 Å². The van der Waals surface area contributed by atoms with Crippen molar-refractivity contribution in [2.75, 3.05) is 13.1 Å². The second-order valence-corrected chi connectivity index (χ2v) is 4.36. The first-order valence-corrected chi connectivity index (χ1v) is 5.86. The van der Waals surface area contributed by atoms with Gasteiger partial charge in [0.25, 0.3) is 0 Å². The largest absolute Gasteiger partial charge is 0.339 e. The van der Waals surface area contributed by atoms with Crippen molar-refractivity contribution in [3.63, 3.8) is 0 Å². The van der Waals surface area contributed by atoms with Gasteiger partial charge >= 0.3 is 0 Å². The SMILES string of the molecule is CCN(C(=O)[C@H]1CCCCN1)C1CC1. The van der Waals surface area contributed by atoms with Crippen LogP contribution in [0.5, 0.6) is 0 Å². The zero-order chi connectivity index (χ0) is 9.97. The molecule has 1 amide bonds. The summed E-state index contributed by atoms with van der Waals surface area (Å²) in [4.78, 5) is 14.1. The molecule has 0 aromatic rings. The van der Waals surface area contributed by atoms with Gasteiger partial charge in [0, 0.05) is 12.6 Å². The van der Waals surface area contributed by atoms with Crippen molar-refractivity contribution >= 4 is 5.91 Å². The lowest BCUT2D eigenvalue weighted by molar-refractivity contribution is -0.134. The second kappa shape index (κ2) is 4.30. The Morgan fingerprint density at radius 2 is 2.14 bits per heavy atom. The summed E-state index contributed by atoms with van der Waals surface area (Å²) >= 11 is 0. The van der Waals surface area contributed by atoms with Gasteiger partial charge in [0.1, 0.15) is 0 Å². The number of carbonyl (C=O) groups is 1. The summed E-state index contributed by atoms with van der Waals surface area (Å²) in [6.45, 7) is 3.97. The molecule has 0 unspecified atom stereocenters. The summed E-state index contributed by atoms with van der Waals surface area (Å²) in [5.74, 6) is 0.342. The molecule has 1 heterocycles. The van der Waals surface area contributed by atoms with Crippen LogP contribution in [-0.2, 0) is 4.79 Å². The number of nitrogens with one attached hydrogen (secondary N) is 1. The third-order valence-electron chi connectivity index (χ3n) is 3.22. The van der Waals surface area contributed by atoms with Gasteiger partial charge in [0.2, 0.25) is 5.91 Å². The Bertz CT molecular complexity index is 207. The molecule has 2 fully saturated rings. The second-order valence-electron chi connectivity index (χ2n) is 4.36. The zero-order valence-electron chi connectivity index (χ0n) is 8.96. The summed E-state index contributed by atoms with van der Waals surface area (Å²) in [5.41, 5.74) is 0. The highest BCUT2D eigenvalue weighted by atomic mass is 16.2. The molecule has 0 radical (unpaired) electrons. The van der Waals surface area contributed by atoms with Gasteiger partial charge in [-0.05, 0) is 39.2 Å². The summed E-state index contributed by atoms with van der Waals surface area (Å²) in [6.07, 6.45) is 5.88. The van der Waals surface area contributed by atoms with E-state index < -0.39 is 0 Å². The minimum Gasteiger partial charge on any atom is -0.339 e. The van der Waals surface area contributed by atoms with Crippen molar-refractivity contribution < 1.29 is 4.79 Å². The smallest absolute Gasteiger partial charge is 0.239 e. The van der Waals surface area contributed by atoms with E-state index in [1.165, 1.54) is 25.7 Å². The number of hydrogen-bond acceptors (Lipinski definition) is 2. The molecule has 3 heteroatoms. The number of amides is 1. The Hall–Kier alpha value is -0.570. The number of rotatable bonds is 3. The average molecular weight is 196 g/mol. The first-order chi connectivity index (χ1) is 6.83. The maximum Gasteiger partial charge on any atom is 0.239 e. The van der Waals surface area contributed by atoms with Gasteiger partial charge in [0.15, 0.2) is 0 Å². The van der Waals surface area contributed by atoms with Crippen LogP contribution in [0, 0.1) is 0 Å². The number of likely N-dealkylation sites (N-methyl/N-ethyl adjacent to an activating group) is 1. The molecular formula is C11H20N2O. The lowest BCUT2D eigenvalue weighted by Crippen LogP contribution is -2.49. The van der Waals surface area contributed by atoms with Crippen molar-refractivity contribution in [3.05, 3.63) is 0 Å². The molecule has 3 nitrogen and oxygen atoms in total. The normalized spacial score (nSPS) is 27.4. The van der Waals surface area contributed by atoms with Gasteiger partial charge < -0.3 is 10.2 Å². The lowest BCUT2D eigenvalue weighted by atomic mass is 10.0. The predicted molar refractivity (Wildman–Crippen MR) is 56.1 cm³/mol. The summed E-state index contributed by atoms with van der Waals surface area (Å²) in [7, 11) is 0.